The normalized spacial score (nSPS) is 11.5. The van der Waals surface area contributed by atoms with Crippen molar-refractivity contribution in [3.63, 3.8) is 0 Å². The van der Waals surface area contributed by atoms with E-state index in [9.17, 15) is 18.0 Å². The van der Waals surface area contributed by atoms with E-state index in [1.54, 1.807) is 30.3 Å². The molecule has 8 nitrogen and oxygen atoms in total. The van der Waals surface area contributed by atoms with Crippen LogP contribution < -0.4 is 10.3 Å². The Morgan fingerprint density at radius 2 is 1.96 bits per heavy atom. The van der Waals surface area contributed by atoms with E-state index in [1.807, 2.05) is 0 Å². The van der Waals surface area contributed by atoms with E-state index >= 15 is 0 Å². The second-order valence-corrected chi connectivity index (χ2v) is 8.00. The predicted molar refractivity (Wildman–Crippen MR) is 103 cm³/mol. The number of para-hydroxylation sites is 1. The number of H-pyrrole nitrogens is 1. The van der Waals surface area contributed by atoms with Crippen molar-refractivity contribution < 1.29 is 17.9 Å². The van der Waals surface area contributed by atoms with Gasteiger partial charge in [0.2, 0.25) is 10.0 Å². The fraction of sp³-hybridized carbons (Fsp3) is 0.167. The number of ether oxygens (including phenoxy) is 1. The Morgan fingerprint density at radius 3 is 2.75 bits per heavy atom. The number of sulfonamides is 1. The Morgan fingerprint density at radius 1 is 1.18 bits per heavy atom. The number of fused-ring (bicyclic) bond motifs is 1. The molecule has 0 atom stereocenters. The number of esters is 1. The van der Waals surface area contributed by atoms with Crippen LogP contribution >= 0.6 is 11.6 Å². The molecular formula is C18H16ClN3O5S. The molecule has 0 aliphatic heterocycles. The van der Waals surface area contributed by atoms with Crippen molar-refractivity contribution in [1.29, 1.82) is 0 Å². The number of nitrogens with zero attached hydrogens (tertiary/aromatic N) is 1. The van der Waals surface area contributed by atoms with Crippen LogP contribution in [-0.4, -0.2) is 30.9 Å². The molecular weight excluding hydrogens is 406 g/mol. The van der Waals surface area contributed by atoms with Crippen LogP contribution in [0.4, 0.5) is 0 Å². The van der Waals surface area contributed by atoms with Crippen molar-refractivity contribution in [2.24, 2.45) is 0 Å². The fourth-order valence-corrected chi connectivity index (χ4v) is 3.76. The highest BCUT2D eigenvalue weighted by molar-refractivity contribution is 7.89. The number of aromatic nitrogens is 2. The second kappa shape index (κ2) is 8.51. The van der Waals surface area contributed by atoms with Gasteiger partial charge in [0, 0.05) is 11.6 Å². The standard InChI is InChI=1S/C18H16ClN3O5S/c19-12-4-3-5-13(10-12)28(25,26)20-9-8-17(23)27-11-16-21-15-7-2-1-6-14(15)18(24)22-16/h1-7,10,20H,8-9,11H2,(H,21,22,24). The van der Waals surface area contributed by atoms with Gasteiger partial charge in [-0.3, -0.25) is 9.59 Å². The second-order valence-electron chi connectivity index (χ2n) is 5.80. The van der Waals surface area contributed by atoms with Crippen LogP contribution in [0.25, 0.3) is 10.9 Å². The Bertz CT molecular complexity index is 1180. The van der Waals surface area contributed by atoms with Crippen molar-refractivity contribution in [2.75, 3.05) is 6.54 Å². The van der Waals surface area contributed by atoms with E-state index in [-0.39, 0.29) is 35.9 Å². The number of hydrogen-bond donors (Lipinski definition) is 2. The average molecular weight is 422 g/mol. The third-order valence-electron chi connectivity index (χ3n) is 3.76. The Hall–Kier alpha value is -2.75. The zero-order valence-corrected chi connectivity index (χ0v) is 16.1. The number of hydrogen-bond acceptors (Lipinski definition) is 6. The van der Waals surface area contributed by atoms with Gasteiger partial charge >= 0.3 is 5.97 Å². The maximum Gasteiger partial charge on any atom is 0.307 e. The molecule has 0 bridgehead atoms. The summed E-state index contributed by atoms with van der Waals surface area (Å²) in [6.45, 7) is -0.366. The third-order valence-corrected chi connectivity index (χ3v) is 5.45. The van der Waals surface area contributed by atoms with Gasteiger partial charge in [-0.2, -0.15) is 0 Å². The molecule has 0 aliphatic carbocycles. The van der Waals surface area contributed by atoms with Crippen LogP contribution in [0.5, 0.6) is 0 Å². The molecule has 2 N–H and O–H groups in total. The van der Waals surface area contributed by atoms with Crippen molar-refractivity contribution in [3.8, 4) is 0 Å². The first-order valence-electron chi connectivity index (χ1n) is 8.24. The van der Waals surface area contributed by atoms with Crippen molar-refractivity contribution in [2.45, 2.75) is 17.9 Å². The zero-order valence-electron chi connectivity index (χ0n) is 14.5. The topological polar surface area (TPSA) is 118 Å². The molecule has 2 aromatic carbocycles. The number of carbonyl (C=O) groups is 1. The summed E-state index contributed by atoms with van der Waals surface area (Å²) in [5.74, 6) is -0.429. The fourth-order valence-electron chi connectivity index (χ4n) is 2.43. The highest BCUT2D eigenvalue weighted by Crippen LogP contribution is 2.15. The lowest BCUT2D eigenvalue weighted by Crippen LogP contribution is -2.27. The quantitative estimate of drug-likeness (QED) is 0.563. The van der Waals surface area contributed by atoms with E-state index in [1.165, 1.54) is 18.2 Å². The molecule has 0 fully saturated rings. The minimum atomic E-state index is -3.78. The molecule has 0 amide bonds. The summed E-state index contributed by atoms with van der Waals surface area (Å²) in [4.78, 5) is 30.6. The predicted octanol–water partition coefficient (Wildman–Crippen LogP) is 1.99. The molecule has 0 spiro atoms. The summed E-state index contributed by atoms with van der Waals surface area (Å²) in [5, 5.41) is 0.729. The monoisotopic (exact) mass is 421 g/mol. The van der Waals surface area contributed by atoms with Gasteiger partial charge in [-0.1, -0.05) is 29.8 Å². The molecule has 146 valence electrons. The minimum absolute atomic E-state index is 0.00584. The smallest absolute Gasteiger partial charge is 0.307 e. The van der Waals surface area contributed by atoms with Crippen LogP contribution in [0.3, 0.4) is 0 Å². The Balaban J connectivity index is 1.53. The number of aromatic amines is 1. The molecule has 1 aromatic heterocycles. The first-order valence-corrected chi connectivity index (χ1v) is 10.1. The zero-order chi connectivity index (χ0) is 20.1. The van der Waals surface area contributed by atoms with Crippen molar-refractivity contribution in [1.82, 2.24) is 14.7 Å². The minimum Gasteiger partial charge on any atom is -0.457 e. The molecule has 0 saturated heterocycles. The van der Waals surface area contributed by atoms with Crippen molar-refractivity contribution >= 4 is 38.5 Å². The molecule has 0 unspecified atom stereocenters. The summed E-state index contributed by atoms with van der Waals surface area (Å²) in [6, 6.07) is 12.6. The summed E-state index contributed by atoms with van der Waals surface area (Å²) in [6.07, 6.45) is -0.183. The molecule has 28 heavy (non-hydrogen) atoms. The van der Waals surface area contributed by atoms with E-state index in [4.69, 9.17) is 16.3 Å². The highest BCUT2D eigenvalue weighted by atomic mass is 35.5. The van der Waals surface area contributed by atoms with Gasteiger partial charge < -0.3 is 9.72 Å². The number of nitrogens with one attached hydrogen (secondary N) is 2. The molecule has 0 saturated carbocycles. The van der Waals surface area contributed by atoms with Crippen molar-refractivity contribution in [3.05, 3.63) is 69.7 Å². The van der Waals surface area contributed by atoms with Gasteiger partial charge in [0.1, 0.15) is 12.4 Å². The summed E-state index contributed by atoms with van der Waals surface area (Å²) in [5.41, 5.74) is 0.164. The number of benzene rings is 2. The molecule has 0 aliphatic rings. The number of carbonyl (C=O) groups excluding carboxylic acids is 1. The lowest BCUT2D eigenvalue weighted by Gasteiger charge is -2.08. The summed E-state index contributed by atoms with van der Waals surface area (Å²) < 4.78 is 31.6. The van der Waals surface area contributed by atoms with Gasteiger partial charge in [0.05, 0.1) is 22.2 Å². The van der Waals surface area contributed by atoms with E-state index in [0.717, 1.165) is 0 Å². The first-order chi connectivity index (χ1) is 13.3. The van der Waals surface area contributed by atoms with E-state index < -0.39 is 16.0 Å². The molecule has 1 heterocycles. The van der Waals surface area contributed by atoms with Crippen LogP contribution in [0.2, 0.25) is 5.02 Å². The van der Waals surface area contributed by atoms with Gasteiger partial charge in [0.15, 0.2) is 0 Å². The van der Waals surface area contributed by atoms with Gasteiger partial charge in [-0.25, -0.2) is 18.1 Å². The van der Waals surface area contributed by atoms with E-state index in [2.05, 4.69) is 14.7 Å². The maximum atomic E-state index is 12.1. The number of halogens is 1. The largest absolute Gasteiger partial charge is 0.457 e. The molecule has 0 radical (unpaired) electrons. The summed E-state index contributed by atoms with van der Waals surface area (Å²) in [7, 11) is -3.78. The van der Waals surface area contributed by atoms with Crippen LogP contribution in [0.1, 0.15) is 12.2 Å². The SMILES string of the molecule is O=C(CCNS(=O)(=O)c1cccc(Cl)c1)OCc1nc2ccccc2c(=O)[nH]1. The van der Waals surface area contributed by atoms with Gasteiger partial charge in [-0.05, 0) is 30.3 Å². The van der Waals surface area contributed by atoms with Crippen LogP contribution in [-0.2, 0) is 26.2 Å². The highest BCUT2D eigenvalue weighted by Gasteiger charge is 2.15. The average Bonchev–Trinajstić information content (AvgIpc) is 2.66. The summed E-state index contributed by atoms with van der Waals surface area (Å²) >= 11 is 5.78. The van der Waals surface area contributed by atoms with Crippen LogP contribution in [0, 0.1) is 0 Å². The van der Waals surface area contributed by atoms with Gasteiger partial charge in [-0.15, -0.1) is 0 Å². The van der Waals surface area contributed by atoms with Crippen LogP contribution in [0.15, 0.2) is 58.2 Å². The lowest BCUT2D eigenvalue weighted by molar-refractivity contribution is -0.145. The van der Waals surface area contributed by atoms with E-state index in [0.29, 0.717) is 15.9 Å². The third kappa shape index (κ3) is 4.94. The Labute approximate surface area is 165 Å². The lowest BCUT2D eigenvalue weighted by atomic mass is 10.2. The first kappa shape index (κ1) is 20.0. The number of rotatable bonds is 7. The maximum absolute atomic E-state index is 12.1. The molecule has 3 aromatic rings. The van der Waals surface area contributed by atoms with Gasteiger partial charge in [0.25, 0.3) is 5.56 Å². The molecule has 3 rings (SSSR count). The Kier molecular flexibility index (Phi) is 6.08. The molecule has 10 heteroatoms.